The molecule has 124 valence electrons. The number of carbonyl (C=O) groups is 1. The fourth-order valence-electron chi connectivity index (χ4n) is 2.56. The molecule has 0 aromatic carbocycles. The van der Waals surface area contributed by atoms with Crippen LogP contribution in [0.4, 0.5) is 0 Å². The van der Waals surface area contributed by atoms with Gasteiger partial charge in [-0.2, -0.15) is 0 Å². The van der Waals surface area contributed by atoms with E-state index in [2.05, 4.69) is 13.8 Å². The molecule has 0 amide bonds. The Labute approximate surface area is 132 Å². The monoisotopic (exact) mass is 296 g/mol. The summed E-state index contributed by atoms with van der Waals surface area (Å²) in [7, 11) is 0. The van der Waals surface area contributed by atoms with E-state index in [9.17, 15) is 4.79 Å². The van der Waals surface area contributed by atoms with Crippen LogP contribution in [-0.4, -0.2) is 11.1 Å². The van der Waals surface area contributed by atoms with Crippen molar-refractivity contribution in [3.63, 3.8) is 0 Å². The van der Waals surface area contributed by atoms with Crippen molar-refractivity contribution in [1.29, 1.82) is 0 Å². The van der Waals surface area contributed by atoms with Gasteiger partial charge in [0.25, 0.3) is 0 Å². The third-order valence-electron chi connectivity index (χ3n) is 4.21. The van der Waals surface area contributed by atoms with Gasteiger partial charge in [0.15, 0.2) is 0 Å². The van der Waals surface area contributed by atoms with Gasteiger partial charge in [-0.1, -0.05) is 90.6 Å². The number of carboxylic acid groups (broad SMARTS) is 1. The lowest BCUT2D eigenvalue weighted by Crippen LogP contribution is -1.98. The molecule has 1 atom stereocenters. The van der Waals surface area contributed by atoms with E-state index in [4.69, 9.17) is 5.11 Å². The number of hydrogen-bond acceptors (Lipinski definition) is 1. The molecular weight excluding hydrogens is 260 g/mol. The molecule has 0 radical (unpaired) electrons. The second-order valence-corrected chi connectivity index (χ2v) is 6.50. The molecule has 0 aliphatic rings. The minimum absolute atomic E-state index is 0.477. The Morgan fingerprint density at radius 2 is 1.43 bits per heavy atom. The molecule has 0 aliphatic heterocycles. The highest BCUT2D eigenvalue weighted by atomic mass is 16.4. The van der Waals surface area contributed by atoms with Crippen molar-refractivity contribution in [3.05, 3.63) is 11.6 Å². The molecule has 0 saturated carbocycles. The fraction of sp³-hybridized carbons (Fsp3) is 0.842. The lowest BCUT2D eigenvalue weighted by molar-refractivity contribution is -0.132. The van der Waals surface area contributed by atoms with Crippen LogP contribution in [0.3, 0.4) is 0 Å². The molecule has 0 heterocycles. The minimum Gasteiger partial charge on any atom is -0.478 e. The molecule has 0 fully saturated rings. The maximum Gasteiger partial charge on any atom is 0.330 e. The van der Waals surface area contributed by atoms with Gasteiger partial charge in [0.1, 0.15) is 0 Å². The van der Waals surface area contributed by atoms with Gasteiger partial charge in [-0.3, -0.25) is 0 Å². The summed E-state index contributed by atoms with van der Waals surface area (Å²) in [6, 6.07) is 0. The average molecular weight is 296 g/mol. The molecular formula is C19H36O2. The Kier molecular flexibility index (Phi) is 13.6. The molecule has 0 spiro atoms. The molecule has 0 bridgehead atoms. The highest BCUT2D eigenvalue weighted by Crippen LogP contribution is 2.16. The number of carboxylic acids is 1. The second kappa shape index (κ2) is 14.2. The van der Waals surface area contributed by atoms with E-state index in [0.717, 1.165) is 6.42 Å². The quantitative estimate of drug-likeness (QED) is 0.299. The largest absolute Gasteiger partial charge is 0.478 e. The third-order valence-corrected chi connectivity index (χ3v) is 4.21. The molecule has 0 aromatic rings. The van der Waals surface area contributed by atoms with Crippen LogP contribution in [0.25, 0.3) is 0 Å². The van der Waals surface area contributed by atoms with Crippen molar-refractivity contribution in [2.45, 2.75) is 97.8 Å². The smallest absolute Gasteiger partial charge is 0.330 e. The summed E-state index contributed by atoms with van der Waals surface area (Å²) in [5, 5.41) is 8.79. The molecule has 21 heavy (non-hydrogen) atoms. The summed E-state index contributed by atoms with van der Waals surface area (Å²) < 4.78 is 0. The van der Waals surface area contributed by atoms with E-state index in [1.165, 1.54) is 70.6 Å². The molecule has 2 nitrogen and oxygen atoms in total. The lowest BCUT2D eigenvalue weighted by Gasteiger charge is -2.08. The average Bonchev–Trinajstić information content (AvgIpc) is 2.46. The summed E-state index contributed by atoms with van der Waals surface area (Å²) in [6.45, 7) is 6.16. The Hall–Kier alpha value is -0.790. The summed E-state index contributed by atoms with van der Waals surface area (Å²) in [6.07, 6.45) is 17.7. The van der Waals surface area contributed by atoms with E-state index in [1.807, 2.05) is 6.08 Å². The molecule has 0 aromatic heterocycles. The number of unbranched alkanes of at least 4 members (excludes halogenated alkanes) is 9. The van der Waals surface area contributed by atoms with E-state index in [1.54, 1.807) is 6.92 Å². The van der Waals surface area contributed by atoms with Crippen molar-refractivity contribution in [1.82, 2.24) is 0 Å². The SMILES string of the molecule is CCCCCCCCCCCCC(C)C/C=C(\C)C(=O)O. The van der Waals surface area contributed by atoms with Gasteiger partial charge >= 0.3 is 5.97 Å². The zero-order valence-corrected chi connectivity index (χ0v) is 14.5. The first-order valence-corrected chi connectivity index (χ1v) is 8.98. The zero-order chi connectivity index (χ0) is 15.9. The van der Waals surface area contributed by atoms with Crippen LogP contribution in [-0.2, 0) is 4.79 Å². The highest BCUT2D eigenvalue weighted by Gasteiger charge is 2.03. The Morgan fingerprint density at radius 1 is 0.952 bits per heavy atom. The van der Waals surface area contributed by atoms with Gasteiger partial charge in [-0.25, -0.2) is 4.79 Å². The lowest BCUT2D eigenvalue weighted by atomic mass is 9.98. The minimum atomic E-state index is -0.791. The highest BCUT2D eigenvalue weighted by molar-refractivity contribution is 5.85. The van der Waals surface area contributed by atoms with Crippen molar-refractivity contribution in [2.75, 3.05) is 0 Å². The summed E-state index contributed by atoms with van der Waals surface area (Å²) >= 11 is 0. The van der Waals surface area contributed by atoms with Crippen LogP contribution in [0.15, 0.2) is 11.6 Å². The maximum atomic E-state index is 10.7. The van der Waals surface area contributed by atoms with Gasteiger partial charge < -0.3 is 5.11 Å². The summed E-state index contributed by atoms with van der Waals surface area (Å²) in [5.41, 5.74) is 0.477. The normalized spacial score (nSPS) is 13.4. The van der Waals surface area contributed by atoms with Crippen molar-refractivity contribution in [2.24, 2.45) is 5.92 Å². The number of aliphatic carboxylic acids is 1. The van der Waals surface area contributed by atoms with Gasteiger partial charge in [-0.15, -0.1) is 0 Å². The summed E-state index contributed by atoms with van der Waals surface area (Å²) in [5.74, 6) is -0.186. The van der Waals surface area contributed by atoms with Gasteiger partial charge in [-0.05, 0) is 19.3 Å². The molecule has 0 rings (SSSR count). The zero-order valence-electron chi connectivity index (χ0n) is 14.5. The second-order valence-electron chi connectivity index (χ2n) is 6.50. The molecule has 1 N–H and O–H groups in total. The van der Waals surface area contributed by atoms with Crippen molar-refractivity contribution >= 4 is 5.97 Å². The first-order chi connectivity index (χ1) is 10.1. The predicted octanol–water partition coefficient (Wildman–Crippen LogP) is 6.35. The van der Waals surface area contributed by atoms with Crippen LogP contribution in [0.5, 0.6) is 0 Å². The first-order valence-electron chi connectivity index (χ1n) is 8.98. The van der Waals surface area contributed by atoms with Gasteiger partial charge in [0, 0.05) is 5.57 Å². The van der Waals surface area contributed by atoms with Crippen LogP contribution >= 0.6 is 0 Å². The van der Waals surface area contributed by atoms with Crippen LogP contribution in [0.2, 0.25) is 0 Å². The standard InChI is InChI=1S/C19H36O2/c1-4-5-6-7-8-9-10-11-12-13-14-17(2)15-16-18(3)19(20)21/h16-17H,4-15H2,1-3H3,(H,20,21)/b18-16+. The molecule has 0 aliphatic carbocycles. The summed E-state index contributed by atoms with van der Waals surface area (Å²) in [4.78, 5) is 10.7. The van der Waals surface area contributed by atoms with Crippen LogP contribution < -0.4 is 0 Å². The third kappa shape index (κ3) is 13.9. The maximum absolute atomic E-state index is 10.7. The Bertz CT molecular complexity index is 281. The van der Waals surface area contributed by atoms with E-state index in [-0.39, 0.29) is 0 Å². The van der Waals surface area contributed by atoms with Crippen LogP contribution in [0.1, 0.15) is 97.8 Å². The first kappa shape index (κ1) is 20.2. The van der Waals surface area contributed by atoms with Crippen molar-refractivity contribution in [3.8, 4) is 0 Å². The van der Waals surface area contributed by atoms with Gasteiger partial charge in [0.05, 0.1) is 0 Å². The van der Waals surface area contributed by atoms with E-state index < -0.39 is 5.97 Å². The number of allylic oxidation sites excluding steroid dienone is 1. The Balaban J connectivity index is 3.34. The topological polar surface area (TPSA) is 37.3 Å². The fourth-order valence-corrected chi connectivity index (χ4v) is 2.56. The van der Waals surface area contributed by atoms with Gasteiger partial charge in [0.2, 0.25) is 0 Å². The molecule has 0 saturated heterocycles. The van der Waals surface area contributed by atoms with Crippen molar-refractivity contribution < 1.29 is 9.90 Å². The molecule has 1 unspecified atom stereocenters. The molecule has 2 heteroatoms. The predicted molar refractivity (Wildman–Crippen MR) is 91.6 cm³/mol. The Morgan fingerprint density at radius 3 is 1.90 bits per heavy atom. The van der Waals surface area contributed by atoms with Crippen LogP contribution in [0, 0.1) is 5.92 Å². The number of hydrogen-bond donors (Lipinski definition) is 1. The van der Waals surface area contributed by atoms with E-state index >= 15 is 0 Å². The number of rotatable bonds is 14. The van der Waals surface area contributed by atoms with E-state index in [0.29, 0.717) is 11.5 Å².